The van der Waals surface area contributed by atoms with Crippen molar-refractivity contribution in [2.24, 2.45) is 4.99 Å². The van der Waals surface area contributed by atoms with Gasteiger partial charge in [-0.3, -0.25) is 0 Å². The van der Waals surface area contributed by atoms with E-state index >= 15 is 0 Å². The highest BCUT2D eigenvalue weighted by molar-refractivity contribution is 7.88. The smallest absolute Gasteiger partial charge is 0.211 e. The zero-order valence-corrected chi connectivity index (χ0v) is 18.1. The fourth-order valence-corrected chi connectivity index (χ4v) is 3.75. The molecule has 2 N–H and O–H groups in total. The summed E-state index contributed by atoms with van der Waals surface area (Å²) in [5, 5.41) is 10.6. The Morgan fingerprint density at radius 3 is 2.52 bits per heavy atom. The van der Waals surface area contributed by atoms with E-state index in [1.54, 1.807) is 0 Å². The number of rotatable bonds is 12. The van der Waals surface area contributed by atoms with Gasteiger partial charge in [0, 0.05) is 38.2 Å². The van der Waals surface area contributed by atoms with Crippen LogP contribution < -0.4 is 10.6 Å². The number of sulfonamides is 1. The van der Waals surface area contributed by atoms with E-state index in [1.165, 1.54) is 10.6 Å². The molecular formula is C18H35N5O3S. The quantitative estimate of drug-likeness (QED) is 0.317. The molecular weight excluding hydrogens is 366 g/mol. The van der Waals surface area contributed by atoms with Crippen LogP contribution in [0.5, 0.6) is 0 Å². The van der Waals surface area contributed by atoms with Gasteiger partial charge in [0.15, 0.2) is 11.7 Å². The van der Waals surface area contributed by atoms with Crippen molar-refractivity contribution >= 4 is 16.0 Å². The lowest BCUT2D eigenvalue weighted by Crippen LogP contribution is -2.39. The lowest BCUT2D eigenvalue weighted by atomic mass is 9.99. The van der Waals surface area contributed by atoms with E-state index < -0.39 is 10.0 Å². The van der Waals surface area contributed by atoms with Crippen LogP contribution in [0.4, 0.5) is 0 Å². The van der Waals surface area contributed by atoms with Gasteiger partial charge >= 0.3 is 0 Å². The molecule has 1 aromatic heterocycles. The van der Waals surface area contributed by atoms with Crippen molar-refractivity contribution in [2.45, 2.75) is 59.4 Å². The third kappa shape index (κ3) is 8.30. The normalized spacial score (nSPS) is 12.8. The summed E-state index contributed by atoms with van der Waals surface area (Å²) in [6.07, 6.45) is 4.02. The van der Waals surface area contributed by atoms with Gasteiger partial charge < -0.3 is 15.2 Å². The zero-order valence-electron chi connectivity index (χ0n) is 17.3. The summed E-state index contributed by atoms with van der Waals surface area (Å²) < 4.78 is 30.1. The molecule has 27 heavy (non-hydrogen) atoms. The minimum atomic E-state index is -3.14. The number of guanidine groups is 1. The third-order valence-corrected chi connectivity index (χ3v) is 5.80. The topological polar surface area (TPSA) is 99.8 Å². The molecule has 0 aliphatic rings. The van der Waals surface area contributed by atoms with Crippen molar-refractivity contribution in [2.75, 3.05) is 32.4 Å². The van der Waals surface area contributed by atoms with Crippen LogP contribution in [0, 0.1) is 0 Å². The van der Waals surface area contributed by atoms with Gasteiger partial charge in [-0.25, -0.2) is 17.7 Å². The first kappa shape index (κ1) is 23.4. The van der Waals surface area contributed by atoms with E-state index in [4.69, 9.17) is 4.52 Å². The summed E-state index contributed by atoms with van der Waals surface area (Å²) in [5.41, 5.74) is 0.989. The summed E-state index contributed by atoms with van der Waals surface area (Å²) in [4.78, 5) is 4.52. The molecule has 0 saturated heterocycles. The first-order valence-electron chi connectivity index (χ1n) is 9.78. The number of aromatic nitrogens is 1. The molecule has 156 valence electrons. The Morgan fingerprint density at radius 1 is 1.26 bits per heavy atom. The van der Waals surface area contributed by atoms with E-state index in [9.17, 15) is 8.42 Å². The van der Waals surface area contributed by atoms with Crippen molar-refractivity contribution < 1.29 is 12.9 Å². The highest BCUT2D eigenvalue weighted by Crippen LogP contribution is 2.22. The number of hydrogen-bond acceptors (Lipinski definition) is 5. The van der Waals surface area contributed by atoms with E-state index in [1.807, 2.05) is 19.9 Å². The first-order valence-corrected chi connectivity index (χ1v) is 11.6. The van der Waals surface area contributed by atoms with Crippen LogP contribution in [-0.4, -0.2) is 56.3 Å². The maximum Gasteiger partial charge on any atom is 0.211 e. The number of nitrogens with zero attached hydrogens (tertiary/aromatic N) is 3. The largest absolute Gasteiger partial charge is 0.359 e. The Hall–Kier alpha value is -1.61. The summed E-state index contributed by atoms with van der Waals surface area (Å²) in [6, 6.07) is 1.98. The van der Waals surface area contributed by atoms with Crippen LogP contribution in [0.1, 0.15) is 64.3 Å². The summed E-state index contributed by atoms with van der Waals surface area (Å²) in [7, 11) is -3.14. The Morgan fingerprint density at radius 2 is 1.96 bits per heavy atom. The molecule has 0 bridgehead atoms. The van der Waals surface area contributed by atoms with Crippen molar-refractivity contribution in [3.8, 4) is 0 Å². The molecule has 1 rings (SSSR count). The van der Waals surface area contributed by atoms with E-state index in [0.717, 1.165) is 30.8 Å². The second-order valence-corrected chi connectivity index (χ2v) is 8.44. The highest BCUT2D eigenvalue weighted by atomic mass is 32.2. The SMILES string of the molecule is CCNC(=NCc1cc(C(CC)CC)no1)NCCCN(CC)S(C)(=O)=O. The van der Waals surface area contributed by atoms with Crippen molar-refractivity contribution in [1.82, 2.24) is 20.1 Å². The molecule has 0 aromatic carbocycles. The second-order valence-electron chi connectivity index (χ2n) is 6.46. The highest BCUT2D eigenvalue weighted by Gasteiger charge is 2.14. The minimum absolute atomic E-state index is 0.410. The Bertz CT molecular complexity index is 668. The summed E-state index contributed by atoms with van der Waals surface area (Å²) in [6.45, 7) is 10.9. The predicted octanol–water partition coefficient (Wildman–Crippen LogP) is 2.30. The Labute approximate surface area is 163 Å². The van der Waals surface area contributed by atoms with Gasteiger partial charge in [0.25, 0.3) is 0 Å². The van der Waals surface area contributed by atoms with E-state index in [0.29, 0.717) is 44.5 Å². The first-order chi connectivity index (χ1) is 12.8. The third-order valence-electron chi connectivity index (χ3n) is 4.42. The molecule has 9 heteroatoms. The van der Waals surface area contributed by atoms with Crippen molar-refractivity contribution in [3.05, 3.63) is 17.5 Å². The fourth-order valence-electron chi connectivity index (χ4n) is 2.82. The summed E-state index contributed by atoms with van der Waals surface area (Å²) in [5.74, 6) is 1.85. The summed E-state index contributed by atoms with van der Waals surface area (Å²) >= 11 is 0. The average molecular weight is 402 g/mol. The van der Waals surface area contributed by atoms with Gasteiger partial charge in [-0.2, -0.15) is 0 Å². The number of aliphatic imine (C=N–C) groups is 1. The fraction of sp³-hybridized carbons (Fsp3) is 0.778. The van der Waals surface area contributed by atoms with Gasteiger partial charge in [0.2, 0.25) is 10.0 Å². The van der Waals surface area contributed by atoms with Gasteiger partial charge in [0.1, 0.15) is 6.54 Å². The van der Waals surface area contributed by atoms with Gasteiger partial charge in [0.05, 0.1) is 11.9 Å². The zero-order chi connectivity index (χ0) is 20.3. The Kier molecular flexibility index (Phi) is 10.4. The molecule has 0 unspecified atom stereocenters. The molecule has 0 aliphatic carbocycles. The lowest BCUT2D eigenvalue weighted by Gasteiger charge is -2.18. The van der Waals surface area contributed by atoms with E-state index in [-0.39, 0.29) is 0 Å². The van der Waals surface area contributed by atoms with Crippen LogP contribution in [0.3, 0.4) is 0 Å². The molecule has 0 aliphatic heterocycles. The average Bonchev–Trinajstić information content (AvgIpc) is 3.08. The maximum atomic E-state index is 11.6. The molecule has 0 spiro atoms. The molecule has 0 saturated carbocycles. The van der Waals surface area contributed by atoms with E-state index in [2.05, 4.69) is 34.6 Å². The predicted molar refractivity (Wildman–Crippen MR) is 109 cm³/mol. The standard InChI is InChI=1S/C18H35N5O3S/c1-6-15(7-2)17-13-16(26-22-17)14-21-18(19-8-3)20-11-10-12-23(9-4)27(5,24)25/h13,15H,6-12,14H2,1-5H3,(H2,19,20,21). The van der Waals surface area contributed by atoms with Crippen LogP contribution in [0.25, 0.3) is 0 Å². The monoisotopic (exact) mass is 401 g/mol. The lowest BCUT2D eigenvalue weighted by molar-refractivity contribution is 0.372. The molecule has 1 heterocycles. The molecule has 0 radical (unpaired) electrons. The second kappa shape index (κ2) is 12.0. The molecule has 1 aromatic rings. The Balaban J connectivity index is 2.55. The maximum absolute atomic E-state index is 11.6. The number of nitrogens with one attached hydrogen (secondary N) is 2. The molecule has 0 fully saturated rings. The van der Waals surface area contributed by atoms with Gasteiger partial charge in [-0.05, 0) is 26.2 Å². The number of hydrogen-bond donors (Lipinski definition) is 2. The van der Waals surface area contributed by atoms with Crippen molar-refractivity contribution in [1.29, 1.82) is 0 Å². The van der Waals surface area contributed by atoms with Crippen molar-refractivity contribution in [3.63, 3.8) is 0 Å². The van der Waals surface area contributed by atoms with Gasteiger partial charge in [-0.1, -0.05) is 25.9 Å². The van der Waals surface area contributed by atoms with Crippen LogP contribution in [-0.2, 0) is 16.6 Å². The molecule has 0 atom stereocenters. The van der Waals surface area contributed by atoms with Crippen LogP contribution in [0.15, 0.2) is 15.6 Å². The van der Waals surface area contributed by atoms with Crippen LogP contribution >= 0.6 is 0 Å². The van der Waals surface area contributed by atoms with Gasteiger partial charge in [-0.15, -0.1) is 0 Å². The molecule has 8 nitrogen and oxygen atoms in total. The van der Waals surface area contributed by atoms with Crippen LogP contribution in [0.2, 0.25) is 0 Å². The molecule has 0 amide bonds. The minimum Gasteiger partial charge on any atom is -0.359 e.